The lowest BCUT2D eigenvalue weighted by Gasteiger charge is -2.08. The molecule has 0 spiro atoms. The van der Waals surface area contributed by atoms with Gasteiger partial charge in [0.25, 0.3) is 0 Å². The van der Waals surface area contributed by atoms with E-state index in [4.69, 9.17) is 0 Å². The quantitative estimate of drug-likeness (QED) is 0.621. The molecule has 2 aromatic carbocycles. The second kappa shape index (κ2) is 5.96. The van der Waals surface area contributed by atoms with Crippen LogP contribution in [0.25, 0.3) is 5.57 Å². The standard InChI is InChI=1S/C16H13FO2/c1-19-16(18)11-15(12-5-3-2-4-6-12)13-7-9-14(17)10-8-13/h2-11H,1H3/b15-11+. The summed E-state index contributed by atoms with van der Waals surface area (Å²) in [6, 6.07) is 15.4. The highest BCUT2D eigenvalue weighted by Crippen LogP contribution is 2.23. The first-order valence-corrected chi connectivity index (χ1v) is 5.81. The Morgan fingerprint density at radius 1 is 1.00 bits per heavy atom. The topological polar surface area (TPSA) is 26.3 Å². The molecule has 2 rings (SSSR count). The Hall–Kier alpha value is -2.42. The molecular weight excluding hydrogens is 243 g/mol. The number of esters is 1. The number of benzene rings is 2. The van der Waals surface area contributed by atoms with Crippen LogP contribution in [0.3, 0.4) is 0 Å². The number of halogens is 1. The zero-order valence-electron chi connectivity index (χ0n) is 10.5. The second-order valence-corrected chi connectivity index (χ2v) is 3.95. The molecule has 0 saturated carbocycles. The Balaban J connectivity index is 2.49. The first-order valence-electron chi connectivity index (χ1n) is 5.81. The molecule has 0 aliphatic heterocycles. The third kappa shape index (κ3) is 3.28. The Labute approximate surface area is 111 Å². The molecule has 2 aromatic rings. The lowest BCUT2D eigenvalue weighted by atomic mass is 9.97. The molecule has 0 unspecified atom stereocenters. The van der Waals surface area contributed by atoms with E-state index in [2.05, 4.69) is 4.74 Å². The molecule has 2 nitrogen and oxygen atoms in total. The van der Waals surface area contributed by atoms with E-state index in [0.717, 1.165) is 11.1 Å². The van der Waals surface area contributed by atoms with Crippen molar-refractivity contribution in [2.45, 2.75) is 0 Å². The molecule has 0 fully saturated rings. The molecule has 0 bridgehead atoms. The van der Waals surface area contributed by atoms with Crippen molar-refractivity contribution in [3.63, 3.8) is 0 Å². The number of ether oxygens (including phenoxy) is 1. The van der Waals surface area contributed by atoms with Gasteiger partial charge in [-0.25, -0.2) is 9.18 Å². The van der Waals surface area contributed by atoms with Gasteiger partial charge in [0.2, 0.25) is 0 Å². The summed E-state index contributed by atoms with van der Waals surface area (Å²) in [5.74, 6) is -0.752. The predicted octanol–water partition coefficient (Wildman–Crippen LogP) is 3.43. The second-order valence-electron chi connectivity index (χ2n) is 3.95. The number of rotatable bonds is 3. The number of hydrogen-bond acceptors (Lipinski definition) is 2. The van der Waals surface area contributed by atoms with Crippen molar-refractivity contribution in [1.82, 2.24) is 0 Å². The van der Waals surface area contributed by atoms with Gasteiger partial charge in [-0.3, -0.25) is 0 Å². The maximum Gasteiger partial charge on any atom is 0.331 e. The summed E-state index contributed by atoms with van der Waals surface area (Å²) >= 11 is 0. The van der Waals surface area contributed by atoms with Gasteiger partial charge in [0.15, 0.2) is 0 Å². The summed E-state index contributed by atoms with van der Waals surface area (Å²) in [6.07, 6.45) is 1.41. The zero-order chi connectivity index (χ0) is 13.7. The van der Waals surface area contributed by atoms with Gasteiger partial charge >= 0.3 is 5.97 Å². The van der Waals surface area contributed by atoms with Gasteiger partial charge in [0.05, 0.1) is 7.11 Å². The SMILES string of the molecule is COC(=O)/C=C(\c1ccccc1)c1ccc(F)cc1. The summed E-state index contributed by atoms with van der Waals surface area (Å²) in [5, 5.41) is 0. The van der Waals surface area contributed by atoms with Crippen LogP contribution in [0.15, 0.2) is 60.7 Å². The van der Waals surface area contributed by atoms with Crippen molar-refractivity contribution >= 4 is 11.5 Å². The van der Waals surface area contributed by atoms with Gasteiger partial charge < -0.3 is 4.74 Å². The van der Waals surface area contributed by atoms with Crippen molar-refractivity contribution in [2.24, 2.45) is 0 Å². The van der Waals surface area contributed by atoms with E-state index in [1.807, 2.05) is 30.3 Å². The van der Waals surface area contributed by atoms with Crippen LogP contribution in [0.5, 0.6) is 0 Å². The normalized spacial score (nSPS) is 11.2. The maximum absolute atomic E-state index is 13.0. The van der Waals surface area contributed by atoms with E-state index >= 15 is 0 Å². The van der Waals surface area contributed by atoms with E-state index < -0.39 is 5.97 Å². The van der Waals surface area contributed by atoms with Crippen molar-refractivity contribution in [1.29, 1.82) is 0 Å². The smallest absolute Gasteiger partial charge is 0.331 e. The first-order chi connectivity index (χ1) is 9.20. The van der Waals surface area contributed by atoms with Crippen LogP contribution in [-0.4, -0.2) is 13.1 Å². The molecule has 0 aliphatic rings. The molecule has 0 aliphatic carbocycles. The van der Waals surface area contributed by atoms with E-state index in [-0.39, 0.29) is 5.82 Å². The van der Waals surface area contributed by atoms with E-state index in [1.165, 1.54) is 25.3 Å². The van der Waals surface area contributed by atoms with Gasteiger partial charge in [0, 0.05) is 6.08 Å². The minimum atomic E-state index is -0.442. The summed E-state index contributed by atoms with van der Waals surface area (Å²) < 4.78 is 17.6. The number of carbonyl (C=O) groups is 1. The van der Waals surface area contributed by atoms with Crippen molar-refractivity contribution < 1.29 is 13.9 Å². The van der Waals surface area contributed by atoms with Gasteiger partial charge in [-0.15, -0.1) is 0 Å². The highest BCUT2D eigenvalue weighted by Gasteiger charge is 2.07. The van der Waals surface area contributed by atoms with Crippen molar-refractivity contribution in [2.75, 3.05) is 7.11 Å². The van der Waals surface area contributed by atoms with Gasteiger partial charge in [-0.05, 0) is 28.8 Å². The molecule has 0 atom stereocenters. The molecule has 0 N–H and O–H groups in total. The predicted molar refractivity (Wildman–Crippen MR) is 71.9 cm³/mol. The number of hydrogen-bond donors (Lipinski definition) is 0. The fraction of sp³-hybridized carbons (Fsp3) is 0.0625. The third-order valence-corrected chi connectivity index (χ3v) is 2.70. The summed E-state index contributed by atoms with van der Waals surface area (Å²) in [6.45, 7) is 0. The third-order valence-electron chi connectivity index (χ3n) is 2.70. The molecule has 0 aromatic heterocycles. The molecule has 0 amide bonds. The van der Waals surface area contributed by atoms with Gasteiger partial charge in [0.1, 0.15) is 5.82 Å². The first kappa shape index (κ1) is 13.0. The number of carbonyl (C=O) groups excluding carboxylic acids is 1. The summed E-state index contributed by atoms with van der Waals surface area (Å²) in [7, 11) is 1.33. The average Bonchev–Trinajstić information content (AvgIpc) is 2.46. The Morgan fingerprint density at radius 2 is 1.58 bits per heavy atom. The van der Waals surface area contributed by atoms with Gasteiger partial charge in [-0.1, -0.05) is 42.5 Å². The molecule has 19 heavy (non-hydrogen) atoms. The molecular formula is C16H13FO2. The van der Waals surface area contributed by atoms with Crippen molar-refractivity contribution in [3.05, 3.63) is 77.6 Å². The van der Waals surface area contributed by atoms with Crippen LogP contribution in [-0.2, 0) is 9.53 Å². The molecule has 3 heteroatoms. The van der Waals surface area contributed by atoms with Crippen LogP contribution in [0.2, 0.25) is 0 Å². The van der Waals surface area contributed by atoms with E-state index in [0.29, 0.717) is 5.57 Å². The molecule has 0 radical (unpaired) electrons. The number of methoxy groups -OCH3 is 1. The van der Waals surface area contributed by atoms with Crippen LogP contribution in [0.1, 0.15) is 11.1 Å². The zero-order valence-corrected chi connectivity index (χ0v) is 10.5. The minimum absolute atomic E-state index is 0.311. The summed E-state index contributed by atoms with van der Waals surface area (Å²) in [5.41, 5.74) is 2.34. The highest BCUT2D eigenvalue weighted by molar-refractivity contribution is 5.96. The van der Waals surface area contributed by atoms with Crippen molar-refractivity contribution in [3.8, 4) is 0 Å². The Morgan fingerprint density at radius 3 is 2.16 bits per heavy atom. The largest absolute Gasteiger partial charge is 0.466 e. The lowest BCUT2D eigenvalue weighted by Crippen LogP contribution is -1.98. The highest BCUT2D eigenvalue weighted by atomic mass is 19.1. The van der Waals surface area contributed by atoms with Crippen LogP contribution in [0.4, 0.5) is 4.39 Å². The molecule has 0 heterocycles. The van der Waals surface area contributed by atoms with Crippen LogP contribution < -0.4 is 0 Å². The van der Waals surface area contributed by atoms with Crippen LogP contribution in [0, 0.1) is 5.82 Å². The monoisotopic (exact) mass is 256 g/mol. The molecule has 96 valence electrons. The Bertz CT molecular complexity index is 586. The molecule has 0 saturated heterocycles. The fourth-order valence-corrected chi connectivity index (χ4v) is 1.76. The van der Waals surface area contributed by atoms with E-state index in [9.17, 15) is 9.18 Å². The van der Waals surface area contributed by atoms with Crippen LogP contribution >= 0.6 is 0 Å². The lowest BCUT2D eigenvalue weighted by molar-refractivity contribution is -0.134. The summed E-state index contributed by atoms with van der Waals surface area (Å²) in [4.78, 5) is 11.5. The maximum atomic E-state index is 13.0. The van der Waals surface area contributed by atoms with E-state index in [1.54, 1.807) is 12.1 Å². The average molecular weight is 256 g/mol. The Kier molecular flexibility index (Phi) is 4.08. The minimum Gasteiger partial charge on any atom is -0.466 e. The fourth-order valence-electron chi connectivity index (χ4n) is 1.76. The van der Waals surface area contributed by atoms with Gasteiger partial charge in [-0.2, -0.15) is 0 Å².